The van der Waals surface area contributed by atoms with Gasteiger partial charge in [0.2, 0.25) is 10.0 Å². The largest absolute Gasteiger partial charge is 0.455 e. The van der Waals surface area contributed by atoms with Gasteiger partial charge in [0, 0.05) is 28.5 Å². The van der Waals surface area contributed by atoms with Gasteiger partial charge in [-0.05, 0) is 113 Å². The fraction of sp³-hybridized carbons (Fsp3) is 0.400. The highest BCUT2D eigenvalue weighted by molar-refractivity contribution is 9.10. The minimum Gasteiger partial charge on any atom is -0.455 e. The van der Waals surface area contributed by atoms with Crippen molar-refractivity contribution in [1.82, 2.24) is 5.32 Å². The maximum atomic E-state index is 13.7. The summed E-state index contributed by atoms with van der Waals surface area (Å²) in [7, 11) is -4.46. The normalized spacial score (nSPS) is 14.7. The van der Waals surface area contributed by atoms with Gasteiger partial charge in [0.15, 0.2) is 8.32 Å². The Morgan fingerprint density at radius 2 is 1.83 bits per heavy atom. The van der Waals surface area contributed by atoms with E-state index in [0.29, 0.717) is 51.4 Å². The van der Waals surface area contributed by atoms with Crippen molar-refractivity contribution in [3.63, 3.8) is 0 Å². The van der Waals surface area contributed by atoms with Crippen molar-refractivity contribution in [1.29, 1.82) is 0 Å². The molecule has 0 saturated heterocycles. The molecule has 2 N–H and O–H groups in total. The van der Waals surface area contributed by atoms with E-state index in [-0.39, 0.29) is 28.7 Å². The lowest BCUT2D eigenvalue weighted by atomic mass is 10.0. The standard InChI is InChI=1S/C35H41BrClFN2O5SSi/c1-35(2,3)47(5,6)45-29(24-9-7-10-27(37)32(24)36)11-8-18-46(42,43)40-28-20-30-26(19-25(28)21-12-13-21)31(34(41)39-4)33(44-30)22-14-16-23(38)17-15-22/h7,9-10,14-17,19-21,29,40H,8,11-13,18H2,1-6H3,(H,39,41). The predicted molar refractivity (Wildman–Crippen MR) is 194 cm³/mol. The molecule has 0 spiro atoms. The van der Waals surface area contributed by atoms with E-state index in [4.69, 9.17) is 20.4 Å². The Morgan fingerprint density at radius 1 is 1.15 bits per heavy atom. The van der Waals surface area contributed by atoms with Gasteiger partial charge >= 0.3 is 0 Å². The maximum Gasteiger partial charge on any atom is 0.255 e. The Bertz CT molecular complexity index is 1900. The summed E-state index contributed by atoms with van der Waals surface area (Å²) in [5.74, 6) is -0.411. The van der Waals surface area contributed by atoms with Crippen LogP contribution in [-0.4, -0.2) is 35.4 Å². The third kappa shape index (κ3) is 7.96. The Hall–Kier alpha value is -2.70. The second kappa shape index (κ2) is 13.7. The van der Waals surface area contributed by atoms with Crippen molar-refractivity contribution < 1.29 is 26.4 Å². The van der Waals surface area contributed by atoms with Crippen LogP contribution in [0, 0.1) is 5.82 Å². The minimum absolute atomic E-state index is 0.0398. The third-order valence-electron chi connectivity index (χ3n) is 9.15. The van der Waals surface area contributed by atoms with Gasteiger partial charge in [-0.3, -0.25) is 9.52 Å². The quantitative estimate of drug-likeness (QED) is 0.140. The molecule has 0 radical (unpaired) electrons. The Morgan fingerprint density at radius 3 is 2.45 bits per heavy atom. The molecule has 12 heteroatoms. The first kappa shape index (κ1) is 35.6. The van der Waals surface area contributed by atoms with Gasteiger partial charge in [-0.2, -0.15) is 0 Å². The van der Waals surface area contributed by atoms with Crippen LogP contribution in [0.4, 0.5) is 10.1 Å². The number of carbonyl (C=O) groups excluding carboxylic acids is 1. The van der Waals surface area contributed by atoms with Crippen LogP contribution >= 0.6 is 27.5 Å². The molecule has 1 aliphatic rings. The van der Waals surface area contributed by atoms with Gasteiger partial charge in [0.05, 0.1) is 28.1 Å². The summed E-state index contributed by atoms with van der Waals surface area (Å²) in [6, 6.07) is 14.9. The van der Waals surface area contributed by atoms with Crippen molar-refractivity contribution >= 4 is 68.4 Å². The van der Waals surface area contributed by atoms with E-state index in [1.165, 1.54) is 19.2 Å². The van der Waals surface area contributed by atoms with E-state index < -0.39 is 24.2 Å². The van der Waals surface area contributed by atoms with Crippen LogP contribution in [0.3, 0.4) is 0 Å². The number of carbonyl (C=O) groups is 1. The van der Waals surface area contributed by atoms with Crippen molar-refractivity contribution in [2.45, 2.75) is 76.6 Å². The molecule has 1 heterocycles. The van der Waals surface area contributed by atoms with Crippen molar-refractivity contribution in [2.24, 2.45) is 0 Å². The lowest BCUT2D eigenvalue weighted by Gasteiger charge is -2.39. The number of benzene rings is 3. The number of halogens is 3. The number of anilines is 1. The van der Waals surface area contributed by atoms with Crippen LogP contribution < -0.4 is 10.0 Å². The van der Waals surface area contributed by atoms with Gasteiger partial charge in [-0.1, -0.05) is 44.5 Å². The summed E-state index contributed by atoms with van der Waals surface area (Å²) >= 11 is 10.1. The molecular formula is C35H41BrClFN2O5SSi. The molecule has 4 aromatic rings. The summed E-state index contributed by atoms with van der Waals surface area (Å²) in [6.07, 6.45) is 2.33. The highest BCUT2D eigenvalue weighted by Gasteiger charge is 2.40. The number of fused-ring (bicyclic) bond motifs is 1. The van der Waals surface area contributed by atoms with Crippen LogP contribution in [0.25, 0.3) is 22.3 Å². The van der Waals surface area contributed by atoms with E-state index in [1.54, 1.807) is 24.3 Å². The number of amides is 1. The van der Waals surface area contributed by atoms with E-state index in [0.717, 1.165) is 28.4 Å². The first-order valence-corrected chi connectivity index (χ1v) is 21.4. The SMILES string of the molecule is CNC(=O)c1c(-c2ccc(F)cc2)oc2cc(NS(=O)(=O)CCCC(O[Si](C)(C)C(C)(C)C)c3cccc(Cl)c3Br)c(C3CC3)cc12. The molecule has 252 valence electrons. The topological polar surface area (TPSA) is 97.6 Å². The monoisotopic (exact) mass is 762 g/mol. The zero-order valence-corrected chi connectivity index (χ0v) is 31.6. The summed E-state index contributed by atoms with van der Waals surface area (Å²) in [5.41, 5.74) is 3.38. The van der Waals surface area contributed by atoms with Gasteiger partial charge in [0.1, 0.15) is 17.2 Å². The molecule has 1 unspecified atom stereocenters. The molecule has 1 saturated carbocycles. The molecule has 5 rings (SSSR count). The van der Waals surface area contributed by atoms with E-state index in [2.05, 4.69) is 59.8 Å². The molecule has 7 nitrogen and oxygen atoms in total. The van der Waals surface area contributed by atoms with Crippen molar-refractivity contribution in [3.8, 4) is 11.3 Å². The van der Waals surface area contributed by atoms with Gasteiger partial charge in [-0.15, -0.1) is 0 Å². The molecule has 1 atom stereocenters. The predicted octanol–water partition coefficient (Wildman–Crippen LogP) is 10.2. The van der Waals surface area contributed by atoms with E-state index in [9.17, 15) is 17.6 Å². The number of hydrogen-bond acceptors (Lipinski definition) is 5. The summed E-state index contributed by atoms with van der Waals surface area (Å²) in [4.78, 5) is 13.0. The zero-order valence-electron chi connectivity index (χ0n) is 27.5. The van der Waals surface area contributed by atoms with Gasteiger partial charge < -0.3 is 14.2 Å². The van der Waals surface area contributed by atoms with Crippen LogP contribution in [0.15, 0.2) is 63.5 Å². The van der Waals surface area contributed by atoms with Crippen molar-refractivity contribution in [3.05, 3.63) is 86.6 Å². The van der Waals surface area contributed by atoms with Crippen molar-refractivity contribution in [2.75, 3.05) is 17.5 Å². The number of rotatable bonds is 12. The molecule has 1 aliphatic carbocycles. The molecule has 1 aromatic heterocycles. The van der Waals surface area contributed by atoms with Crippen LogP contribution in [0.5, 0.6) is 0 Å². The Kier molecular flexibility index (Phi) is 10.3. The Balaban J connectivity index is 1.42. The van der Waals surface area contributed by atoms with Crippen LogP contribution in [0.1, 0.15) is 80.0 Å². The molecule has 0 aliphatic heterocycles. The highest BCUT2D eigenvalue weighted by atomic mass is 79.9. The summed E-state index contributed by atoms with van der Waals surface area (Å²) < 4.78 is 57.4. The molecule has 1 fully saturated rings. The number of nitrogens with one attached hydrogen (secondary N) is 2. The average Bonchev–Trinajstić information content (AvgIpc) is 3.77. The zero-order chi connectivity index (χ0) is 34.3. The first-order chi connectivity index (χ1) is 22.0. The molecule has 47 heavy (non-hydrogen) atoms. The molecular weight excluding hydrogens is 723 g/mol. The van der Waals surface area contributed by atoms with E-state index >= 15 is 0 Å². The summed E-state index contributed by atoms with van der Waals surface area (Å²) in [5, 5.41) is 3.78. The lowest BCUT2D eigenvalue weighted by Crippen LogP contribution is -2.42. The van der Waals surface area contributed by atoms with E-state index in [1.807, 2.05) is 18.2 Å². The number of hydrogen-bond donors (Lipinski definition) is 2. The fourth-order valence-electron chi connectivity index (χ4n) is 5.39. The van der Waals surface area contributed by atoms with Crippen LogP contribution in [0.2, 0.25) is 23.2 Å². The van der Waals surface area contributed by atoms with Gasteiger partial charge in [-0.25, -0.2) is 12.8 Å². The molecule has 3 aromatic carbocycles. The lowest BCUT2D eigenvalue weighted by molar-refractivity contribution is 0.0964. The molecule has 0 bridgehead atoms. The maximum absolute atomic E-state index is 13.7. The summed E-state index contributed by atoms with van der Waals surface area (Å²) in [6.45, 7) is 10.9. The Labute approximate surface area is 290 Å². The molecule has 1 amide bonds. The smallest absolute Gasteiger partial charge is 0.255 e. The number of furan rings is 1. The minimum atomic E-state index is -3.78. The first-order valence-electron chi connectivity index (χ1n) is 15.7. The second-order valence-corrected chi connectivity index (χ2v) is 21.5. The highest BCUT2D eigenvalue weighted by Crippen LogP contribution is 2.47. The second-order valence-electron chi connectivity index (χ2n) is 13.7. The number of sulfonamides is 1. The third-order valence-corrected chi connectivity index (χ3v) is 16.4. The average molecular weight is 764 g/mol. The van der Waals surface area contributed by atoms with Crippen LogP contribution in [-0.2, 0) is 14.4 Å². The van der Waals surface area contributed by atoms with Gasteiger partial charge in [0.25, 0.3) is 5.91 Å². The fourth-order valence-corrected chi connectivity index (χ4v) is 8.56.